The highest BCUT2D eigenvalue weighted by Crippen LogP contribution is 2.36. The topological polar surface area (TPSA) is 60.5 Å². The van der Waals surface area contributed by atoms with Gasteiger partial charge in [0.15, 0.2) is 11.5 Å². The number of methoxy groups -OCH3 is 2. The first-order valence-corrected chi connectivity index (χ1v) is 10.6. The number of pyridine rings is 1. The molecule has 1 N–H and O–H groups in total. The van der Waals surface area contributed by atoms with Crippen LogP contribution in [0.5, 0.6) is 11.5 Å². The van der Waals surface area contributed by atoms with Crippen molar-refractivity contribution < 1.29 is 14.3 Å². The Bertz CT molecular complexity index is 1230. The van der Waals surface area contributed by atoms with Gasteiger partial charge in [-0.25, -0.2) is 0 Å². The highest BCUT2D eigenvalue weighted by atomic mass is 32.2. The van der Waals surface area contributed by atoms with Crippen molar-refractivity contribution in [1.82, 2.24) is 4.98 Å². The lowest BCUT2D eigenvalue weighted by molar-refractivity contribution is 0.102. The second-order valence-corrected chi connectivity index (χ2v) is 8.03. The molecule has 0 saturated heterocycles. The highest BCUT2D eigenvalue weighted by molar-refractivity contribution is 7.99. The fourth-order valence-electron chi connectivity index (χ4n) is 3.21. The molecule has 156 valence electrons. The fraction of sp³-hybridized carbons (Fsp3) is 0.120. The van der Waals surface area contributed by atoms with Gasteiger partial charge in [0.2, 0.25) is 0 Å². The number of aromatic nitrogens is 1. The maximum absolute atomic E-state index is 12.3. The van der Waals surface area contributed by atoms with E-state index in [1.165, 1.54) is 0 Å². The number of ether oxygens (including phenoxy) is 2. The number of hydrogen-bond donors (Lipinski definition) is 1. The molecule has 3 aromatic carbocycles. The van der Waals surface area contributed by atoms with Crippen LogP contribution in [-0.2, 0) is 0 Å². The van der Waals surface area contributed by atoms with Crippen LogP contribution < -0.4 is 14.8 Å². The summed E-state index contributed by atoms with van der Waals surface area (Å²) < 4.78 is 10.8. The summed E-state index contributed by atoms with van der Waals surface area (Å²) in [5, 5.41) is 3.91. The number of carbonyl (C=O) groups is 1. The van der Waals surface area contributed by atoms with Gasteiger partial charge in [0.1, 0.15) is 0 Å². The number of amides is 1. The molecule has 0 aliphatic carbocycles. The van der Waals surface area contributed by atoms with Crippen LogP contribution in [0.15, 0.2) is 82.6 Å². The number of benzene rings is 3. The second-order valence-electron chi connectivity index (χ2n) is 6.92. The predicted molar refractivity (Wildman–Crippen MR) is 125 cm³/mol. The third-order valence-electron chi connectivity index (χ3n) is 4.84. The molecular formula is C25H22N2O3S. The van der Waals surface area contributed by atoms with Crippen LogP contribution in [-0.4, -0.2) is 25.1 Å². The molecule has 4 rings (SSSR count). The molecule has 0 radical (unpaired) electrons. The Morgan fingerprint density at radius 2 is 1.58 bits per heavy atom. The zero-order chi connectivity index (χ0) is 21.8. The lowest BCUT2D eigenvalue weighted by atomic mass is 10.2. The molecule has 0 spiro atoms. The largest absolute Gasteiger partial charge is 0.493 e. The number of nitrogens with one attached hydrogen (secondary N) is 1. The molecule has 31 heavy (non-hydrogen) atoms. The fourth-order valence-corrected chi connectivity index (χ4v) is 4.11. The van der Waals surface area contributed by atoms with Crippen LogP contribution in [0.1, 0.15) is 16.1 Å². The van der Waals surface area contributed by atoms with Crippen molar-refractivity contribution in [3.63, 3.8) is 0 Å². The summed E-state index contributed by atoms with van der Waals surface area (Å²) in [4.78, 5) is 19.2. The minimum absolute atomic E-state index is 0.125. The first-order chi connectivity index (χ1) is 15.1. The van der Waals surface area contributed by atoms with Gasteiger partial charge in [0.25, 0.3) is 5.91 Å². The van der Waals surface area contributed by atoms with Crippen molar-refractivity contribution in [2.75, 3.05) is 19.5 Å². The Morgan fingerprint density at radius 3 is 2.26 bits per heavy atom. The maximum Gasteiger partial charge on any atom is 0.255 e. The van der Waals surface area contributed by atoms with E-state index in [0.717, 1.165) is 32.1 Å². The second kappa shape index (κ2) is 9.10. The van der Waals surface area contributed by atoms with E-state index in [-0.39, 0.29) is 5.91 Å². The number of aryl methyl sites for hydroxylation is 1. The molecule has 1 amide bonds. The first-order valence-electron chi connectivity index (χ1n) is 9.75. The number of anilines is 1. The molecule has 0 bridgehead atoms. The number of carbonyl (C=O) groups excluding carboxylic acids is 1. The lowest BCUT2D eigenvalue weighted by Crippen LogP contribution is -2.11. The minimum atomic E-state index is -0.125. The van der Waals surface area contributed by atoms with E-state index in [1.807, 2.05) is 61.5 Å². The lowest BCUT2D eigenvalue weighted by Gasteiger charge is -2.12. The average Bonchev–Trinajstić information content (AvgIpc) is 2.80. The van der Waals surface area contributed by atoms with Gasteiger partial charge >= 0.3 is 0 Å². The van der Waals surface area contributed by atoms with E-state index in [0.29, 0.717) is 17.1 Å². The van der Waals surface area contributed by atoms with E-state index in [1.54, 1.807) is 38.1 Å². The zero-order valence-electron chi connectivity index (χ0n) is 17.5. The monoisotopic (exact) mass is 430 g/mol. The van der Waals surface area contributed by atoms with Crippen molar-refractivity contribution in [1.29, 1.82) is 0 Å². The van der Waals surface area contributed by atoms with Crippen LogP contribution in [0.2, 0.25) is 0 Å². The van der Waals surface area contributed by atoms with Crippen molar-refractivity contribution >= 4 is 34.3 Å². The van der Waals surface area contributed by atoms with E-state index in [4.69, 9.17) is 14.5 Å². The van der Waals surface area contributed by atoms with Crippen LogP contribution in [0, 0.1) is 6.92 Å². The quantitative estimate of drug-likeness (QED) is 0.409. The molecule has 0 fully saturated rings. The number of nitrogens with zero attached hydrogens (tertiary/aromatic N) is 1. The third kappa shape index (κ3) is 4.64. The van der Waals surface area contributed by atoms with Gasteiger partial charge in [-0.15, -0.1) is 0 Å². The Kier molecular flexibility index (Phi) is 6.09. The summed E-state index contributed by atoms with van der Waals surface area (Å²) in [5.74, 6) is 1.21. The Labute approximate surface area is 185 Å². The normalized spacial score (nSPS) is 10.7. The standard InChI is InChI=1S/C25H22N2O3S/c1-16-24(14-18-13-22(29-2)23(30-3)15-21(18)26-16)31-20-11-9-19(10-12-20)27-25(28)17-7-5-4-6-8-17/h4-15H,1-3H3,(H,27,28). The Morgan fingerprint density at radius 1 is 0.903 bits per heavy atom. The van der Waals surface area contributed by atoms with Crippen molar-refractivity contribution in [3.8, 4) is 11.5 Å². The molecule has 1 heterocycles. The molecule has 6 heteroatoms. The summed E-state index contributed by atoms with van der Waals surface area (Å²) in [6.45, 7) is 1.99. The molecular weight excluding hydrogens is 408 g/mol. The summed E-state index contributed by atoms with van der Waals surface area (Å²) >= 11 is 1.63. The molecule has 0 aliphatic rings. The molecule has 0 saturated carbocycles. The summed E-state index contributed by atoms with van der Waals surface area (Å²) in [6, 6.07) is 22.9. The molecule has 0 atom stereocenters. The molecule has 4 aromatic rings. The van der Waals surface area contributed by atoms with Gasteiger partial charge < -0.3 is 14.8 Å². The van der Waals surface area contributed by atoms with Crippen LogP contribution in [0.3, 0.4) is 0 Å². The van der Waals surface area contributed by atoms with E-state index in [2.05, 4.69) is 11.4 Å². The van der Waals surface area contributed by atoms with Gasteiger partial charge in [0, 0.05) is 32.5 Å². The van der Waals surface area contributed by atoms with Crippen LogP contribution in [0.4, 0.5) is 5.69 Å². The SMILES string of the molecule is COc1cc2cc(Sc3ccc(NC(=O)c4ccccc4)cc3)c(C)nc2cc1OC. The Hall–Kier alpha value is -3.51. The van der Waals surface area contributed by atoms with Crippen LogP contribution in [0.25, 0.3) is 10.9 Å². The smallest absolute Gasteiger partial charge is 0.255 e. The van der Waals surface area contributed by atoms with Crippen molar-refractivity contribution in [3.05, 3.63) is 84.1 Å². The minimum Gasteiger partial charge on any atom is -0.493 e. The van der Waals surface area contributed by atoms with Gasteiger partial charge in [-0.2, -0.15) is 0 Å². The molecule has 0 aliphatic heterocycles. The van der Waals surface area contributed by atoms with E-state index in [9.17, 15) is 4.79 Å². The van der Waals surface area contributed by atoms with E-state index < -0.39 is 0 Å². The zero-order valence-corrected chi connectivity index (χ0v) is 18.3. The van der Waals surface area contributed by atoms with Gasteiger partial charge in [-0.1, -0.05) is 30.0 Å². The number of rotatable bonds is 6. The summed E-state index contributed by atoms with van der Waals surface area (Å²) in [5.41, 5.74) is 3.18. The third-order valence-corrected chi connectivity index (χ3v) is 5.98. The number of fused-ring (bicyclic) bond motifs is 1. The van der Waals surface area contributed by atoms with Gasteiger partial charge in [-0.3, -0.25) is 9.78 Å². The summed E-state index contributed by atoms with van der Waals surface area (Å²) in [6.07, 6.45) is 0. The van der Waals surface area contributed by atoms with Gasteiger partial charge in [0.05, 0.1) is 25.4 Å². The van der Waals surface area contributed by atoms with Gasteiger partial charge in [-0.05, 0) is 55.5 Å². The average molecular weight is 431 g/mol. The predicted octanol–water partition coefficient (Wildman–Crippen LogP) is 5.96. The van der Waals surface area contributed by atoms with E-state index >= 15 is 0 Å². The highest BCUT2D eigenvalue weighted by Gasteiger charge is 2.11. The van der Waals surface area contributed by atoms with Crippen molar-refractivity contribution in [2.45, 2.75) is 16.7 Å². The summed E-state index contributed by atoms with van der Waals surface area (Å²) in [7, 11) is 3.24. The maximum atomic E-state index is 12.3. The Balaban J connectivity index is 1.53. The first kappa shape index (κ1) is 20.8. The molecule has 5 nitrogen and oxygen atoms in total. The van der Waals surface area contributed by atoms with Crippen molar-refractivity contribution in [2.24, 2.45) is 0 Å². The molecule has 1 aromatic heterocycles. The number of hydrogen-bond acceptors (Lipinski definition) is 5. The van der Waals surface area contributed by atoms with Crippen LogP contribution >= 0.6 is 11.8 Å². The molecule has 0 unspecified atom stereocenters.